The summed E-state index contributed by atoms with van der Waals surface area (Å²) in [5.74, 6) is 0. The number of ether oxygens (including phenoxy) is 1. The molecule has 1 N–H and O–H groups in total. The van der Waals surface area contributed by atoms with Crippen LogP contribution in [-0.2, 0) is 4.74 Å². The first-order valence-corrected chi connectivity index (χ1v) is 25.8. The standard InChI is InChI=1S/C53H104O2/c1-4-7-10-13-16-18-20-22-24-25-26-27-28-29-30-31-32-34-36-38-40-42-45-48-51-55-53(50-47-44-15-12-9-6-3)52(54)49-46-43-41-39-37-35-33-23-21-19-17-14-11-8-5-2/h5,47,50,52-54H,2,4,6-46,48-49,51H2,1,3H3/b50-47-. The van der Waals surface area contributed by atoms with Crippen molar-refractivity contribution >= 4 is 0 Å². The van der Waals surface area contributed by atoms with Crippen LogP contribution < -0.4 is 0 Å². The molecule has 0 fully saturated rings. The van der Waals surface area contributed by atoms with E-state index in [0.29, 0.717) is 0 Å². The van der Waals surface area contributed by atoms with Gasteiger partial charge >= 0.3 is 0 Å². The van der Waals surface area contributed by atoms with Crippen LogP contribution in [0.3, 0.4) is 0 Å². The van der Waals surface area contributed by atoms with Crippen LogP contribution in [0.1, 0.15) is 296 Å². The lowest BCUT2D eigenvalue weighted by Crippen LogP contribution is -2.27. The Morgan fingerprint density at radius 3 is 1.04 bits per heavy atom. The predicted molar refractivity (Wildman–Crippen MR) is 250 cm³/mol. The van der Waals surface area contributed by atoms with Crippen LogP contribution in [0.5, 0.6) is 0 Å². The highest BCUT2D eigenvalue weighted by Gasteiger charge is 2.16. The molecule has 0 spiro atoms. The average Bonchev–Trinajstić information content (AvgIpc) is 3.19. The number of rotatable bonds is 49. The van der Waals surface area contributed by atoms with Gasteiger partial charge in [0.2, 0.25) is 0 Å². The lowest BCUT2D eigenvalue weighted by atomic mass is 10.0. The summed E-state index contributed by atoms with van der Waals surface area (Å²) in [5, 5.41) is 11.1. The van der Waals surface area contributed by atoms with Crippen LogP contribution in [0.2, 0.25) is 0 Å². The molecule has 0 aliphatic heterocycles. The van der Waals surface area contributed by atoms with Gasteiger partial charge in [-0.05, 0) is 38.5 Å². The Morgan fingerprint density at radius 2 is 0.673 bits per heavy atom. The fraction of sp³-hybridized carbons (Fsp3) is 0.925. The molecule has 0 amide bonds. The predicted octanol–water partition coefficient (Wildman–Crippen LogP) is 18.7. The molecule has 0 aromatic carbocycles. The van der Waals surface area contributed by atoms with E-state index in [9.17, 15) is 5.11 Å². The highest BCUT2D eigenvalue weighted by molar-refractivity contribution is 4.93. The van der Waals surface area contributed by atoms with Gasteiger partial charge in [0.05, 0.1) is 6.10 Å². The molecule has 55 heavy (non-hydrogen) atoms. The number of aliphatic hydroxyl groups is 1. The minimum Gasteiger partial charge on any atom is -0.390 e. The second-order valence-electron chi connectivity index (χ2n) is 17.8. The van der Waals surface area contributed by atoms with Crippen molar-refractivity contribution in [1.82, 2.24) is 0 Å². The fourth-order valence-electron chi connectivity index (χ4n) is 8.25. The fourth-order valence-corrected chi connectivity index (χ4v) is 8.25. The molecule has 2 nitrogen and oxygen atoms in total. The van der Waals surface area contributed by atoms with Crippen molar-refractivity contribution in [3.8, 4) is 0 Å². The zero-order chi connectivity index (χ0) is 39.8. The van der Waals surface area contributed by atoms with Crippen molar-refractivity contribution in [2.24, 2.45) is 0 Å². The van der Waals surface area contributed by atoms with Gasteiger partial charge in [0.1, 0.15) is 6.10 Å². The second kappa shape index (κ2) is 49.5. The molecule has 2 heteroatoms. The molecule has 0 saturated heterocycles. The monoisotopic (exact) mass is 773 g/mol. The SMILES string of the molecule is C=CCCCCCCCCCCCCCCCC(O)C(/C=C\CCCCCC)OCCCCCCCCCCCCCCCCCCCCCCCCCC. The number of allylic oxidation sites excluding steroid dienone is 2. The zero-order valence-electron chi connectivity index (χ0n) is 38.3. The highest BCUT2D eigenvalue weighted by Crippen LogP contribution is 2.18. The molecule has 0 heterocycles. The van der Waals surface area contributed by atoms with Crippen molar-refractivity contribution in [2.75, 3.05) is 6.61 Å². The third kappa shape index (κ3) is 46.0. The van der Waals surface area contributed by atoms with Crippen LogP contribution in [0, 0.1) is 0 Å². The Morgan fingerprint density at radius 1 is 0.382 bits per heavy atom. The van der Waals surface area contributed by atoms with Crippen molar-refractivity contribution < 1.29 is 9.84 Å². The van der Waals surface area contributed by atoms with E-state index in [0.717, 1.165) is 32.3 Å². The van der Waals surface area contributed by atoms with Gasteiger partial charge in [0.25, 0.3) is 0 Å². The maximum atomic E-state index is 11.1. The first-order chi connectivity index (χ1) is 27.3. The van der Waals surface area contributed by atoms with Crippen LogP contribution >= 0.6 is 0 Å². The van der Waals surface area contributed by atoms with E-state index in [1.54, 1.807) is 0 Å². The van der Waals surface area contributed by atoms with Gasteiger partial charge in [-0.25, -0.2) is 0 Å². The second-order valence-corrected chi connectivity index (χ2v) is 17.8. The van der Waals surface area contributed by atoms with E-state index in [-0.39, 0.29) is 12.2 Å². The van der Waals surface area contributed by atoms with Gasteiger partial charge < -0.3 is 9.84 Å². The Kier molecular flexibility index (Phi) is 49.0. The van der Waals surface area contributed by atoms with Gasteiger partial charge in [-0.1, -0.05) is 276 Å². The molecule has 0 aliphatic rings. The number of hydrogen-bond donors (Lipinski definition) is 1. The van der Waals surface area contributed by atoms with Gasteiger partial charge in [-0.2, -0.15) is 0 Å². The van der Waals surface area contributed by atoms with Crippen molar-refractivity contribution in [3.05, 3.63) is 24.8 Å². The van der Waals surface area contributed by atoms with Gasteiger partial charge in [0.15, 0.2) is 0 Å². The van der Waals surface area contributed by atoms with E-state index in [1.807, 2.05) is 6.08 Å². The lowest BCUT2D eigenvalue weighted by Gasteiger charge is -2.21. The van der Waals surface area contributed by atoms with Crippen molar-refractivity contribution in [1.29, 1.82) is 0 Å². The molecule has 328 valence electrons. The minimum atomic E-state index is -0.363. The molecule has 0 aliphatic carbocycles. The normalized spacial score (nSPS) is 12.9. The summed E-state index contributed by atoms with van der Waals surface area (Å²) in [5.41, 5.74) is 0. The first-order valence-electron chi connectivity index (χ1n) is 25.8. The van der Waals surface area contributed by atoms with E-state index in [2.05, 4.69) is 32.6 Å². The molecule has 0 radical (unpaired) electrons. The van der Waals surface area contributed by atoms with Crippen LogP contribution in [-0.4, -0.2) is 23.9 Å². The quantitative estimate of drug-likeness (QED) is 0.0493. The first kappa shape index (κ1) is 54.4. The number of unbranched alkanes of at least 4 members (excludes halogenated alkanes) is 40. The summed E-state index contributed by atoms with van der Waals surface area (Å²) in [6.07, 6.45) is 66.1. The Labute approximate surface area is 348 Å². The lowest BCUT2D eigenvalue weighted by molar-refractivity contribution is -0.0157. The smallest absolute Gasteiger partial charge is 0.101 e. The minimum absolute atomic E-state index is 0.127. The maximum absolute atomic E-state index is 11.1. The van der Waals surface area contributed by atoms with Gasteiger partial charge in [0, 0.05) is 6.61 Å². The Hall–Kier alpha value is -0.600. The molecule has 0 saturated carbocycles. The summed E-state index contributed by atoms with van der Waals surface area (Å²) in [6.45, 7) is 9.18. The Balaban J connectivity index is 3.76. The van der Waals surface area contributed by atoms with Crippen LogP contribution in [0.15, 0.2) is 24.8 Å². The van der Waals surface area contributed by atoms with E-state index >= 15 is 0 Å². The molecular weight excluding hydrogens is 669 g/mol. The average molecular weight is 773 g/mol. The molecule has 2 unspecified atom stereocenters. The van der Waals surface area contributed by atoms with Crippen molar-refractivity contribution in [3.63, 3.8) is 0 Å². The van der Waals surface area contributed by atoms with Gasteiger partial charge in [-0.3, -0.25) is 0 Å². The zero-order valence-corrected chi connectivity index (χ0v) is 38.3. The summed E-state index contributed by atoms with van der Waals surface area (Å²) in [4.78, 5) is 0. The Bertz CT molecular complexity index is 715. The summed E-state index contributed by atoms with van der Waals surface area (Å²) in [6, 6.07) is 0. The molecule has 0 aromatic heterocycles. The van der Waals surface area contributed by atoms with E-state index < -0.39 is 0 Å². The van der Waals surface area contributed by atoms with Crippen LogP contribution in [0.25, 0.3) is 0 Å². The molecular formula is C53H104O2. The van der Waals surface area contributed by atoms with Crippen LogP contribution in [0.4, 0.5) is 0 Å². The molecule has 0 aromatic rings. The van der Waals surface area contributed by atoms with Gasteiger partial charge in [-0.15, -0.1) is 6.58 Å². The number of hydrogen-bond acceptors (Lipinski definition) is 2. The molecule has 2 atom stereocenters. The molecule has 0 bridgehead atoms. The third-order valence-electron chi connectivity index (χ3n) is 12.1. The highest BCUT2D eigenvalue weighted by atomic mass is 16.5. The van der Waals surface area contributed by atoms with Crippen molar-refractivity contribution in [2.45, 2.75) is 309 Å². The largest absolute Gasteiger partial charge is 0.390 e. The van der Waals surface area contributed by atoms with E-state index in [4.69, 9.17) is 4.74 Å². The summed E-state index contributed by atoms with van der Waals surface area (Å²) in [7, 11) is 0. The van der Waals surface area contributed by atoms with E-state index in [1.165, 1.54) is 257 Å². The number of aliphatic hydroxyl groups excluding tert-OH is 1. The summed E-state index contributed by atoms with van der Waals surface area (Å²) >= 11 is 0. The summed E-state index contributed by atoms with van der Waals surface area (Å²) < 4.78 is 6.32. The molecule has 0 rings (SSSR count). The topological polar surface area (TPSA) is 29.5 Å². The maximum Gasteiger partial charge on any atom is 0.101 e. The third-order valence-corrected chi connectivity index (χ3v) is 12.1.